The smallest absolute Gasteiger partial charge is 0.262 e. The van der Waals surface area contributed by atoms with Gasteiger partial charge >= 0.3 is 0 Å². The lowest BCUT2D eigenvalue weighted by molar-refractivity contribution is -0.118. The van der Waals surface area contributed by atoms with Gasteiger partial charge in [-0.15, -0.1) is 0 Å². The van der Waals surface area contributed by atoms with Gasteiger partial charge in [-0.25, -0.2) is 8.42 Å². The summed E-state index contributed by atoms with van der Waals surface area (Å²) in [4.78, 5) is 12.1. The Bertz CT molecular complexity index is 1110. The average Bonchev–Trinajstić information content (AvgIpc) is 2.75. The molecule has 0 unspecified atom stereocenters. The molecule has 8 heteroatoms. The van der Waals surface area contributed by atoms with Crippen molar-refractivity contribution >= 4 is 27.3 Å². The molecule has 0 saturated carbocycles. The van der Waals surface area contributed by atoms with E-state index >= 15 is 0 Å². The summed E-state index contributed by atoms with van der Waals surface area (Å²) in [5.74, 6) is 0.740. The van der Waals surface area contributed by atoms with E-state index in [1.807, 2.05) is 19.1 Å². The highest BCUT2D eigenvalue weighted by Crippen LogP contribution is 2.21. The number of carbonyl (C=O) groups is 1. The van der Waals surface area contributed by atoms with Crippen LogP contribution >= 0.6 is 0 Å². The minimum atomic E-state index is -3.73. The number of hydrogen-bond donors (Lipinski definition) is 2. The van der Waals surface area contributed by atoms with Gasteiger partial charge in [0.25, 0.3) is 15.9 Å². The third-order valence-corrected chi connectivity index (χ3v) is 5.65. The number of anilines is 2. The van der Waals surface area contributed by atoms with Crippen molar-refractivity contribution in [2.75, 3.05) is 23.8 Å². The molecule has 3 aromatic rings. The summed E-state index contributed by atoms with van der Waals surface area (Å²) in [6.07, 6.45) is 0. The minimum Gasteiger partial charge on any atom is -0.497 e. The van der Waals surface area contributed by atoms with Crippen molar-refractivity contribution in [3.05, 3.63) is 78.4 Å². The number of rotatable bonds is 8. The third kappa shape index (κ3) is 5.51. The molecule has 0 aliphatic rings. The molecule has 0 aliphatic heterocycles. The second kappa shape index (κ2) is 9.32. The van der Waals surface area contributed by atoms with Crippen LogP contribution in [-0.4, -0.2) is 28.0 Å². The zero-order chi connectivity index (χ0) is 21.6. The van der Waals surface area contributed by atoms with Gasteiger partial charge in [0, 0.05) is 5.69 Å². The topological polar surface area (TPSA) is 93.7 Å². The van der Waals surface area contributed by atoms with Crippen LogP contribution in [0.15, 0.2) is 77.7 Å². The normalized spacial score (nSPS) is 10.9. The molecule has 1 amide bonds. The van der Waals surface area contributed by atoms with Crippen LogP contribution in [0.5, 0.6) is 11.5 Å². The van der Waals surface area contributed by atoms with Crippen LogP contribution in [0, 0.1) is 6.92 Å². The molecule has 0 heterocycles. The van der Waals surface area contributed by atoms with E-state index in [1.54, 1.807) is 43.5 Å². The second-order valence-corrected chi connectivity index (χ2v) is 8.14. The predicted octanol–water partition coefficient (Wildman–Crippen LogP) is 3.82. The molecule has 0 fully saturated rings. The maximum absolute atomic E-state index is 12.6. The summed E-state index contributed by atoms with van der Waals surface area (Å²) >= 11 is 0. The number of ether oxygens (including phenoxy) is 2. The highest BCUT2D eigenvalue weighted by molar-refractivity contribution is 7.92. The van der Waals surface area contributed by atoms with Crippen LogP contribution in [0.25, 0.3) is 0 Å². The third-order valence-electron chi connectivity index (χ3n) is 4.27. The van der Waals surface area contributed by atoms with E-state index in [-0.39, 0.29) is 17.4 Å². The molecular weight excluding hydrogens is 404 g/mol. The van der Waals surface area contributed by atoms with E-state index < -0.39 is 10.0 Å². The van der Waals surface area contributed by atoms with Gasteiger partial charge in [0.1, 0.15) is 11.5 Å². The Labute approximate surface area is 175 Å². The Kier molecular flexibility index (Phi) is 6.58. The van der Waals surface area contributed by atoms with Gasteiger partial charge in [-0.3, -0.25) is 9.52 Å². The van der Waals surface area contributed by atoms with Crippen LogP contribution in [0.4, 0.5) is 11.4 Å². The molecule has 3 rings (SSSR count). The van der Waals surface area contributed by atoms with Gasteiger partial charge in [0.15, 0.2) is 6.61 Å². The molecule has 30 heavy (non-hydrogen) atoms. The fourth-order valence-electron chi connectivity index (χ4n) is 2.63. The number of aryl methyl sites for hydroxylation is 1. The van der Waals surface area contributed by atoms with Crippen molar-refractivity contribution in [2.24, 2.45) is 0 Å². The van der Waals surface area contributed by atoms with Gasteiger partial charge in [-0.1, -0.05) is 18.2 Å². The van der Waals surface area contributed by atoms with Crippen molar-refractivity contribution in [3.63, 3.8) is 0 Å². The Morgan fingerprint density at radius 2 is 1.53 bits per heavy atom. The van der Waals surface area contributed by atoms with E-state index in [9.17, 15) is 13.2 Å². The molecule has 0 aromatic heterocycles. The number of carbonyl (C=O) groups excluding carboxylic acids is 1. The monoisotopic (exact) mass is 426 g/mol. The summed E-state index contributed by atoms with van der Waals surface area (Å²) in [7, 11) is -2.16. The molecule has 7 nitrogen and oxygen atoms in total. The Balaban J connectivity index is 1.57. The fourth-order valence-corrected chi connectivity index (χ4v) is 3.76. The number of sulfonamides is 1. The van der Waals surface area contributed by atoms with E-state index in [4.69, 9.17) is 9.47 Å². The number of amides is 1. The second-order valence-electron chi connectivity index (χ2n) is 6.46. The van der Waals surface area contributed by atoms with Crippen LogP contribution in [0.3, 0.4) is 0 Å². The van der Waals surface area contributed by atoms with Crippen molar-refractivity contribution in [1.82, 2.24) is 0 Å². The van der Waals surface area contributed by atoms with Gasteiger partial charge in [-0.05, 0) is 67.1 Å². The number of benzene rings is 3. The number of nitrogens with one attached hydrogen (secondary N) is 2. The molecule has 0 atom stereocenters. The van der Waals surface area contributed by atoms with E-state index in [2.05, 4.69) is 10.0 Å². The lowest BCUT2D eigenvalue weighted by Gasteiger charge is -2.11. The van der Waals surface area contributed by atoms with Gasteiger partial charge in [0.05, 0.1) is 17.7 Å². The average molecular weight is 426 g/mol. The number of methoxy groups -OCH3 is 1. The number of para-hydroxylation sites is 1. The van der Waals surface area contributed by atoms with Crippen LogP contribution in [0.1, 0.15) is 5.56 Å². The van der Waals surface area contributed by atoms with Crippen LogP contribution in [0.2, 0.25) is 0 Å². The molecule has 0 aliphatic carbocycles. The maximum atomic E-state index is 12.6. The first-order valence-corrected chi connectivity index (χ1v) is 10.6. The highest BCUT2D eigenvalue weighted by atomic mass is 32.2. The summed E-state index contributed by atoms with van der Waals surface area (Å²) in [5, 5.41) is 2.71. The van der Waals surface area contributed by atoms with E-state index in [0.717, 1.165) is 5.56 Å². The van der Waals surface area contributed by atoms with Crippen molar-refractivity contribution in [2.45, 2.75) is 11.8 Å². The quantitative estimate of drug-likeness (QED) is 0.571. The molecule has 0 spiro atoms. The van der Waals surface area contributed by atoms with E-state index in [0.29, 0.717) is 22.9 Å². The minimum absolute atomic E-state index is 0.0980. The maximum Gasteiger partial charge on any atom is 0.262 e. The molecule has 156 valence electrons. The molecular formula is C22H22N2O5S. The summed E-state index contributed by atoms with van der Waals surface area (Å²) < 4.78 is 38.2. The lowest BCUT2D eigenvalue weighted by atomic mass is 10.2. The Morgan fingerprint density at radius 3 is 2.17 bits per heavy atom. The molecule has 0 bridgehead atoms. The van der Waals surface area contributed by atoms with Crippen molar-refractivity contribution in [3.8, 4) is 11.5 Å². The summed E-state index contributed by atoms with van der Waals surface area (Å²) in [5.41, 5.74) is 1.96. The standard InChI is InChI=1S/C22H22N2O5S/c1-16-5-3-4-6-21(16)24-30(26,27)20-13-11-19(12-14-20)29-15-22(25)23-17-7-9-18(28-2)10-8-17/h3-14,24H,15H2,1-2H3,(H,23,25). The van der Waals surface area contributed by atoms with Crippen LogP contribution < -0.4 is 19.5 Å². The van der Waals surface area contributed by atoms with Crippen molar-refractivity contribution < 1.29 is 22.7 Å². The van der Waals surface area contributed by atoms with Gasteiger partial charge in [0.2, 0.25) is 0 Å². The fraction of sp³-hybridized carbons (Fsp3) is 0.136. The summed E-state index contributed by atoms with van der Waals surface area (Å²) in [6.45, 7) is 1.62. The molecule has 0 saturated heterocycles. The molecule has 0 radical (unpaired) electrons. The number of hydrogen-bond acceptors (Lipinski definition) is 5. The molecule has 3 aromatic carbocycles. The Hall–Kier alpha value is -3.52. The first kappa shape index (κ1) is 21.2. The first-order chi connectivity index (χ1) is 14.4. The van der Waals surface area contributed by atoms with Gasteiger partial charge in [-0.2, -0.15) is 0 Å². The first-order valence-electron chi connectivity index (χ1n) is 9.12. The van der Waals surface area contributed by atoms with Crippen LogP contribution in [-0.2, 0) is 14.8 Å². The predicted molar refractivity (Wildman–Crippen MR) is 116 cm³/mol. The highest BCUT2D eigenvalue weighted by Gasteiger charge is 2.15. The van der Waals surface area contributed by atoms with E-state index in [1.165, 1.54) is 24.3 Å². The SMILES string of the molecule is COc1ccc(NC(=O)COc2ccc(S(=O)(=O)Nc3ccccc3C)cc2)cc1. The zero-order valence-electron chi connectivity index (χ0n) is 16.6. The lowest BCUT2D eigenvalue weighted by Crippen LogP contribution is -2.20. The largest absolute Gasteiger partial charge is 0.497 e. The molecule has 2 N–H and O–H groups in total. The van der Waals surface area contributed by atoms with Crippen molar-refractivity contribution in [1.29, 1.82) is 0 Å². The zero-order valence-corrected chi connectivity index (χ0v) is 17.4. The Morgan fingerprint density at radius 1 is 0.900 bits per heavy atom. The van der Waals surface area contributed by atoms with Gasteiger partial charge < -0.3 is 14.8 Å². The summed E-state index contributed by atoms with van der Waals surface area (Å²) in [6, 6.07) is 19.9.